The van der Waals surface area contributed by atoms with Crippen molar-refractivity contribution in [2.75, 3.05) is 7.11 Å². The molecule has 0 spiro atoms. The summed E-state index contributed by atoms with van der Waals surface area (Å²) in [5.74, 6) is -0.980. The van der Waals surface area contributed by atoms with Crippen molar-refractivity contribution in [3.63, 3.8) is 0 Å². The van der Waals surface area contributed by atoms with Gasteiger partial charge in [0.25, 0.3) is 0 Å². The second kappa shape index (κ2) is 9.34. The number of carbonyl (C=O) groups excluding carboxylic acids is 1. The molecule has 2 aromatic carbocycles. The summed E-state index contributed by atoms with van der Waals surface area (Å²) in [6.07, 6.45) is -0.132. The van der Waals surface area contributed by atoms with Crippen LogP contribution in [0.25, 0.3) is 0 Å². The molecule has 3 aromatic rings. The standard InChI is InChI=1S/C22H20O6S/c1-27-20(25)12-18(14-7-9-15(23)10-8-14)22-21(26)19(24)11-16(28-22)13-29-17-5-3-2-4-6-17/h2-11,18,23,26H,12-13H2,1H3/t18-/m1/s1. The molecule has 1 atom stereocenters. The molecular weight excluding hydrogens is 392 g/mol. The molecule has 150 valence electrons. The van der Waals surface area contributed by atoms with E-state index in [1.54, 1.807) is 12.1 Å². The topological polar surface area (TPSA) is 97.0 Å². The van der Waals surface area contributed by atoms with Crippen molar-refractivity contribution in [2.45, 2.75) is 23.0 Å². The van der Waals surface area contributed by atoms with Crippen LogP contribution in [0.3, 0.4) is 0 Å². The van der Waals surface area contributed by atoms with Gasteiger partial charge in [0.15, 0.2) is 5.76 Å². The molecule has 0 radical (unpaired) electrons. The second-order valence-electron chi connectivity index (χ2n) is 6.32. The number of hydrogen-bond donors (Lipinski definition) is 2. The molecule has 0 aliphatic carbocycles. The van der Waals surface area contributed by atoms with Crippen molar-refractivity contribution in [3.05, 3.63) is 88.0 Å². The first-order chi connectivity index (χ1) is 14.0. The van der Waals surface area contributed by atoms with Crippen LogP contribution in [0, 0.1) is 0 Å². The van der Waals surface area contributed by atoms with Crippen LogP contribution in [-0.4, -0.2) is 23.3 Å². The molecule has 1 heterocycles. The van der Waals surface area contributed by atoms with Gasteiger partial charge in [-0.2, -0.15) is 0 Å². The van der Waals surface area contributed by atoms with Crippen LogP contribution >= 0.6 is 11.8 Å². The minimum Gasteiger partial charge on any atom is -0.508 e. The number of benzene rings is 2. The van der Waals surface area contributed by atoms with Crippen molar-refractivity contribution < 1.29 is 24.2 Å². The lowest BCUT2D eigenvalue weighted by molar-refractivity contribution is -0.140. The van der Waals surface area contributed by atoms with E-state index in [1.807, 2.05) is 30.3 Å². The Kier molecular flexibility index (Phi) is 6.61. The van der Waals surface area contributed by atoms with Gasteiger partial charge in [0, 0.05) is 11.0 Å². The molecule has 6 nitrogen and oxygen atoms in total. The predicted molar refractivity (Wildman–Crippen MR) is 109 cm³/mol. The first-order valence-electron chi connectivity index (χ1n) is 8.87. The zero-order valence-electron chi connectivity index (χ0n) is 15.7. The van der Waals surface area contributed by atoms with Crippen LogP contribution < -0.4 is 5.43 Å². The van der Waals surface area contributed by atoms with E-state index in [4.69, 9.17) is 9.15 Å². The van der Waals surface area contributed by atoms with E-state index in [0.717, 1.165) is 4.90 Å². The van der Waals surface area contributed by atoms with Gasteiger partial charge in [0.2, 0.25) is 11.2 Å². The molecule has 0 saturated heterocycles. The fraction of sp³-hybridized carbons (Fsp3) is 0.182. The van der Waals surface area contributed by atoms with Gasteiger partial charge in [-0.15, -0.1) is 11.8 Å². The molecule has 0 fully saturated rings. The third-order valence-corrected chi connectivity index (χ3v) is 5.37. The number of rotatable bonds is 7. The lowest BCUT2D eigenvalue weighted by Gasteiger charge is -2.17. The minimum atomic E-state index is -0.738. The monoisotopic (exact) mass is 412 g/mol. The van der Waals surface area contributed by atoms with Crippen LogP contribution in [0.2, 0.25) is 0 Å². The van der Waals surface area contributed by atoms with Gasteiger partial charge in [0.05, 0.1) is 25.2 Å². The summed E-state index contributed by atoms with van der Waals surface area (Å²) in [7, 11) is 1.26. The number of hydrogen-bond acceptors (Lipinski definition) is 7. The maximum Gasteiger partial charge on any atom is 0.306 e. The van der Waals surface area contributed by atoms with Crippen molar-refractivity contribution in [1.29, 1.82) is 0 Å². The van der Waals surface area contributed by atoms with Crippen LogP contribution in [-0.2, 0) is 15.3 Å². The van der Waals surface area contributed by atoms with Crippen molar-refractivity contribution >= 4 is 17.7 Å². The first-order valence-corrected chi connectivity index (χ1v) is 9.86. The number of ether oxygens (including phenoxy) is 1. The highest BCUT2D eigenvalue weighted by Crippen LogP contribution is 2.35. The number of phenolic OH excluding ortho intramolecular Hbond substituents is 1. The fourth-order valence-electron chi connectivity index (χ4n) is 2.85. The Morgan fingerprint density at radius 1 is 1.10 bits per heavy atom. The second-order valence-corrected chi connectivity index (χ2v) is 7.36. The van der Waals surface area contributed by atoms with E-state index in [0.29, 0.717) is 17.1 Å². The number of carbonyl (C=O) groups is 1. The summed E-state index contributed by atoms with van der Waals surface area (Å²) in [4.78, 5) is 25.3. The van der Waals surface area contributed by atoms with E-state index in [-0.39, 0.29) is 17.9 Å². The molecule has 0 bridgehead atoms. The Hall–Kier alpha value is -3.19. The Labute approximate surface area is 171 Å². The summed E-state index contributed by atoms with van der Waals surface area (Å²) >= 11 is 1.49. The average Bonchev–Trinajstić information content (AvgIpc) is 2.74. The molecule has 0 saturated carbocycles. The summed E-state index contributed by atoms with van der Waals surface area (Å²) in [5, 5.41) is 19.9. The SMILES string of the molecule is COC(=O)C[C@H](c1ccc(O)cc1)c1oc(CSc2ccccc2)cc(=O)c1O. The van der Waals surface area contributed by atoms with Gasteiger partial charge in [-0.1, -0.05) is 30.3 Å². The van der Waals surface area contributed by atoms with Gasteiger partial charge in [-0.05, 0) is 29.8 Å². The molecule has 2 N–H and O–H groups in total. The average molecular weight is 412 g/mol. The zero-order valence-corrected chi connectivity index (χ0v) is 16.5. The van der Waals surface area contributed by atoms with Gasteiger partial charge in [-0.25, -0.2) is 0 Å². The highest BCUT2D eigenvalue weighted by atomic mass is 32.2. The summed E-state index contributed by atoms with van der Waals surface area (Å²) in [5.41, 5.74) is 0.0167. The summed E-state index contributed by atoms with van der Waals surface area (Å²) in [6.45, 7) is 0. The van der Waals surface area contributed by atoms with Gasteiger partial charge in [-0.3, -0.25) is 9.59 Å². The molecule has 0 amide bonds. The van der Waals surface area contributed by atoms with Crippen LogP contribution in [0.15, 0.2) is 74.8 Å². The smallest absolute Gasteiger partial charge is 0.306 e. The number of aromatic hydroxyl groups is 2. The van der Waals surface area contributed by atoms with E-state index >= 15 is 0 Å². The van der Waals surface area contributed by atoms with E-state index in [2.05, 4.69) is 0 Å². The highest BCUT2D eigenvalue weighted by molar-refractivity contribution is 7.98. The maximum absolute atomic E-state index is 12.3. The molecular formula is C22H20O6S. The molecule has 0 aliphatic rings. The molecule has 29 heavy (non-hydrogen) atoms. The Bertz CT molecular complexity index is 1030. The third kappa shape index (κ3) is 5.20. The van der Waals surface area contributed by atoms with Crippen molar-refractivity contribution in [1.82, 2.24) is 0 Å². The lowest BCUT2D eigenvalue weighted by Crippen LogP contribution is -2.14. The maximum atomic E-state index is 12.3. The lowest BCUT2D eigenvalue weighted by atomic mass is 9.92. The van der Waals surface area contributed by atoms with Crippen molar-refractivity contribution in [2.24, 2.45) is 0 Å². The molecule has 0 unspecified atom stereocenters. The Morgan fingerprint density at radius 3 is 2.45 bits per heavy atom. The number of methoxy groups -OCH3 is 1. The summed E-state index contributed by atoms with van der Waals surface area (Å²) in [6, 6.07) is 17.0. The van der Waals surface area contributed by atoms with E-state index in [9.17, 15) is 19.8 Å². The number of thioether (sulfide) groups is 1. The predicted octanol–water partition coefficient (Wildman–Crippen LogP) is 4.04. The summed E-state index contributed by atoms with van der Waals surface area (Å²) < 4.78 is 10.6. The first kappa shape index (κ1) is 20.5. The van der Waals surface area contributed by atoms with Gasteiger partial charge >= 0.3 is 5.97 Å². The quantitative estimate of drug-likeness (QED) is 0.446. The third-order valence-electron chi connectivity index (χ3n) is 4.33. The van der Waals surface area contributed by atoms with Crippen LogP contribution in [0.5, 0.6) is 11.5 Å². The Morgan fingerprint density at radius 2 is 1.79 bits per heavy atom. The fourth-order valence-corrected chi connectivity index (χ4v) is 3.65. The normalized spacial score (nSPS) is 11.8. The van der Waals surface area contributed by atoms with Crippen molar-refractivity contribution in [3.8, 4) is 11.5 Å². The molecule has 7 heteroatoms. The zero-order chi connectivity index (χ0) is 20.8. The van der Waals surface area contributed by atoms with E-state index in [1.165, 1.54) is 37.1 Å². The molecule has 1 aromatic heterocycles. The van der Waals surface area contributed by atoms with Gasteiger partial charge in [0.1, 0.15) is 11.5 Å². The largest absolute Gasteiger partial charge is 0.508 e. The highest BCUT2D eigenvalue weighted by Gasteiger charge is 2.26. The van der Waals surface area contributed by atoms with Gasteiger partial charge < -0.3 is 19.4 Å². The molecule has 0 aliphatic heterocycles. The van der Waals surface area contributed by atoms with Crippen LogP contribution in [0.1, 0.15) is 29.4 Å². The number of phenols is 1. The minimum absolute atomic E-state index is 0.00254. The molecule has 3 rings (SSSR count). The van der Waals surface area contributed by atoms with E-state index < -0.39 is 23.1 Å². The van der Waals surface area contributed by atoms with Crippen LogP contribution in [0.4, 0.5) is 0 Å². The Balaban J connectivity index is 1.97. The number of esters is 1.